The van der Waals surface area contributed by atoms with Gasteiger partial charge in [-0.25, -0.2) is 4.79 Å². The van der Waals surface area contributed by atoms with Gasteiger partial charge in [0.25, 0.3) is 5.91 Å². The Bertz CT molecular complexity index is 431. The zero-order valence-electron chi connectivity index (χ0n) is 10.2. The van der Waals surface area contributed by atoms with Crippen molar-refractivity contribution in [2.75, 3.05) is 6.54 Å². The number of hydrogen-bond donors (Lipinski definition) is 3. The molecule has 1 aromatic rings. The quantitative estimate of drug-likeness (QED) is 0.698. The van der Waals surface area contributed by atoms with Gasteiger partial charge in [0.15, 0.2) is 6.10 Å². The van der Waals surface area contributed by atoms with Crippen molar-refractivity contribution < 1.29 is 19.8 Å². The molecule has 1 amide bonds. The number of carbonyl (C=O) groups excluding carboxylic acids is 1. The first-order chi connectivity index (χ1) is 8.56. The van der Waals surface area contributed by atoms with Crippen LogP contribution in [0.15, 0.2) is 24.3 Å². The number of nitrogens with one attached hydrogen (secondary N) is 1. The van der Waals surface area contributed by atoms with Crippen LogP contribution in [0.4, 0.5) is 0 Å². The van der Waals surface area contributed by atoms with Crippen LogP contribution in [0.5, 0.6) is 0 Å². The van der Waals surface area contributed by atoms with Gasteiger partial charge in [-0.3, -0.25) is 4.79 Å². The van der Waals surface area contributed by atoms with E-state index in [1.165, 1.54) is 0 Å². The number of rotatable bonds is 6. The molecule has 0 spiro atoms. The number of hydrogen-bond acceptors (Lipinski definition) is 3. The molecule has 1 rings (SSSR count). The number of aryl methyl sites for hydroxylation is 1. The number of benzene rings is 1. The molecule has 0 aliphatic rings. The molecule has 0 saturated carbocycles. The van der Waals surface area contributed by atoms with Crippen molar-refractivity contribution in [3.8, 4) is 0 Å². The average Bonchev–Trinajstić information content (AvgIpc) is 2.38. The molecule has 98 valence electrons. The van der Waals surface area contributed by atoms with Gasteiger partial charge in [0.05, 0.1) is 0 Å². The van der Waals surface area contributed by atoms with Gasteiger partial charge in [-0.1, -0.05) is 25.1 Å². The van der Waals surface area contributed by atoms with Crippen molar-refractivity contribution >= 4 is 11.9 Å². The molecular weight excluding hydrogens is 234 g/mol. The zero-order chi connectivity index (χ0) is 13.5. The van der Waals surface area contributed by atoms with Gasteiger partial charge in [-0.2, -0.15) is 0 Å². The lowest BCUT2D eigenvalue weighted by Gasteiger charge is -2.09. The lowest BCUT2D eigenvalue weighted by molar-refractivity contribution is -0.146. The Hall–Kier alpha value is -1.88. The first-order valence-corrected chi connectivity index (χ1v) is 5.83. The summed E-state index contributed by atoms with van der Waals surface area (Å²) in [5.41, 5.74) is 1.53. The molecule has 0 heterocycles. The summed E-state index contributed by atoms with van der Waals surface area (Å²) < 4.78 is 0. The average molecular weight is 251 g/mol. The number of carbonyl (C=O) groups is 2. The molecule has 0 aliphatic heterocycles. The largest absolute Gasteiger partial charge is 0.479 e. The highest BCUT2D eigenvalue weighted by Gasteiger charge is 2.14. The number of carboxylic acids is 1. The molecule has 0 saturated heterocycles. The van der Waals surface area contributed by atoms with E-state index < -0.39 is 12.1 Å². The summed E-state index contributed by atoms with van der Waals surface area (Å²) in [7, 11) is 0. The maximum atomic E-state index is 11.8. The normalized spacial score (nSPS) is 11.9. The lowest BCUT2D eigenvalue weighted by atomic mass is 10.0. The zero-order valence-corrected chi connectivity index (χ0v) is 10.2. The van der Waals surface area contributed by atoms with Crippen molar-refractivity contribution in [3.63, 3.8) is 0 Å². The Balaban J connectivity index is 2.53. The molecule has 0 bridgehead atoms. The van der Waals surface area contributed by atoms with Gasteiger partial charge in [0.2, 0.25) is 0 Å². The minimum atomic E-state index is -1.44. The van der Waals surface area contributed by atoms with Gasteiger partial charge < -0.3 is 15.5 Å². The fourth-order valence-electron chi connectivity index (χ4n) is 1.59. The predicted octanol–water partition coefficient (Wildman–Crippen LogP) is 0.814. The van der Waals surface area contributed by atoms with E-state index in [0.717, 1.165) is 12.0 Å². The third-order valence-electron chi connectivity index (χ3n) is 2.63. The lowest BCUT2D eigenvalue weighted by Crippen LogP contribution is -2.30. The van der Waals surface area contributed by atoms with Gasteiger partial charge in [0, 0.05) is 18.5 Å². The monoisotopic (exact) mass is 251 g/mol. The highest BCUT2D eigenvalue weighted by molar-refractivity contribution is 5.95. The van der Waals surface area contributed by atoms with Gasteiger partial charge >= 0.3 is 5.97 Å². The number of aliphatic hydroxyl groups is 1. The predicted molar refractivity (Wildman–Crippen MR) is 66.4 cm³/mol. The fourth-order valence-corrected chi connectivity index (χ4v) is 1.59. The second-order valence-corrected chi connectivity index (χ2v) is 3.91. The summed E-state index contributed by atoms with van der Waals surface area (Å²) >= 11 is 0. The Morgan fingerprint density at radius 2 is 2.00 bits per heavy atom. The van der Waals surface area contributed by atoms with E-state index >= 15 is 0 Å². The molecule has 0 aliphatic carbocycles. The van der Waals surface area contributed by atoms with Crippen LogP contribution in [0.25, 0.3) is 0 Å². The third kappa shape index (κ3) is 3.85. The maximum absolute atomic E-state index is 11.8. The van der Waals surface area contributed by atoms with E-state index in [4.69, 9.17) is 10.2 Å². The van der Waals surface area contributed by atoms with Gasteiger partial charge in [0.1, 0.15) is 0 Å². The molecule has 0 radical (unpaired) electrons. The third-order valence-corrected chi connectivity index (χ3v) is 2.63. The van der Waals surface area contributed by atoms with E-state index in [2.05, 4.69) is 5.32 Å². The Morgan fingerprint density at radius 1 is 1.33 bits per heavy atom. The SMILES string of the molecule is CCc1ccccc1C(=O)NCCC(O)C(=O)O. The van der Waals surface area contributed by atoms with E-state index in [-0.39, 0.29) is 18.9 Å². The summed E-state index contributed by atoms with van der Waals surface area (Å²) in [5, 5.41) is 20.1. The number of carboxylic acid groups (broad SMARTS) is 1. The van der Waals surface area contributed by atoms with Crippen molar-refractivity contribution in [3.05, 3.63) is 35.4 Å². The van der Waals surface area contributed by atoms with E-state index in [9.17, 15) is 9.59 Å². The molecule has 3 N–H and O–H groups in total. The molecule has 5 heteroatoms. The topological polar surface area (TPSA) is 86.6 Å². The number of amides is 1. The van der Waals surface area contributed by atoms with Crippen LogP contribution in [-0.4, -0.2) is 34.7 Å². The molecule has 0 aromatic heterocycles. The van der Waals surface area contributed by atoms with Gasteiger partial charge in [-0.15, -0.1) is 0 Å². The van der Waals surface area contributed by atoms with E-state index in [1.807, 2.05) is 19.1 Å². The Labute approximate surface area is 105 Å². The summed E-state index contributed by atoms with van der Waals surface area (Å²) in [4.78, 5) is 22.2. The van der Waals surface area contributed by atoms with Crippen LogP contribution < -0.4 is 5.32 Å². The second kappa shape index (κ2) is 6.76. The summed E-state index contributed by atoms with van der Waals surface area (Å²) in [6.07, 6.45) is -0.691. The van der Waals surface area contributed by atoms with Crippen LogP contribution in [-0.2, 0) is 11.2 Å². The Morgan fingerprint density at radius 3 is 2.61 bits per heavy atom. The summed E-state index contributed by atoms with van der Waals surface area (Å²) in [5.74, 6) is -1.52. The highest BCUT2D eigenvalue weighted by atomic mass is 16.4. The molecule has 5 nitrogen and oxygen atoms in total. The standard InChI is InChI=1S/C13H17NO4/c1-2-9-5-3-4-6-10(9)12(16)14-8-7-11(15)13(17)18/h3-6,11,15H,2,7-8H2,1H3,(H,14,16)(H,17,18). The molecule has 1 atom stereocenters. The summed E-state index contributed by atoms with van der Waals surface area (Å²) in [6, 6.07) is 7.24. The molecule has 1 aromatic carbocycles. The molecule has 0 fully saturated rings. The van der Waals surface area contributed by atoms with Crippen LogP contribution in [0.3, 0.4) is 0 Å². The fraction of sp³-hybridized carbons (Fsp3) is 0.385. The molecule has 1 unspecified atom stereocenters. The van der Waals surface area contributed by atoms with Crippen molar-refractivity contribution in [2.24, 2.45) is 0 Å². The van der Waals surface area contributed by atoms with E-state index in [1.54, 1.807) is 12.1 Å². The molecule has 18 heavy (non-hydrogen) atoms. The summed E-state index contributed by atoms with van der Waals surface area (Å²) in [6.45, 7) is 2.09. The first-order valence-electron chi connectivity index (χ1n) is 5.83. The van der Waals surface area contributed by atoms with Crippen molar-refractivity contribution in [1.82, 2.24) is 5.32 Å². The maximum Gasteiger partial charge on any atom is 0.332 e. The number of aliphatic hydroxyl groups excluding tert-OH is 1. The smallest absolute Gasteiger partial charge is 0.332 e. The van der Waals surface area contributed by atoms with E-state index in [0.29, 0.717) is 5.56 Å². The van der Waals surface area contributed by atoms with Crippen LogP contribution >= 0.6 is 0 Å². The Kier molecular flexibility index (Phi) is 5.32. The minimum absolute atomic E-state index is 0.00460. The second-order valence-electron chi connectivity index (χ2n) is 3.91. The minimum Gasteiger partial charge on any atom is -0.479 e. The van der Waals surface area contributed by atoms with Crippen molar-refractivity contribution in [1.29, 1.82) is 0 Å². The van der Waals surface area contributed by atoms with Crippen LogP contribution in [0, 0.1) is 0 Å². The van der Waals surface area contributed by atoms with Crippen molar-refractivity contribution in [2.45, 2.75) is 25.9 Å². The van der Waals surface area contributed by atoms with Gasteiger partial charge in [-0.05, 0) is 18.1 Å². The van der Waals surface area contributed by atoms with Crippen LogP contribution in [0.1, 0.15) is 29.3 Å². The first kappa shape index (κ1) is 14.2. The molecular formula is C13H17NO4. The number of aliphatic carboxylic acids is 1. The highest BCUT2D eigenvalue weighted by Crippen LogP contribution is 2.09. The van der Waals surface area contributed by atoms with Crippen LogP contribution in [0.2, 0.25) is 0 Å².